The number of hydrogen-bond donors (Lipinski definition) is 1. The Bertz CT molecular complexity index is 853. The second-order valence-corrected chi connectivity index (χ2v) is 6.11. The van der Waals surface area contributed by atoms with Crippen molar-refractivity contribution >= 4 is 17.7 Å². The molecule has 0 radical (unpaired) electrons. The van der Waals surface area contributed by atoms with Gasteiger partial charge in [0.25, 0.3) is 0 Å². The van der Waals surface area contributed by atoms with Gasteiger partial charge in [-0.1, -0.05) is 6.07 Å². The molecule has 0 saturated carbocycles. The Labute approximate surface area is 153 Å². The Balaban J connectivity index is 1.69. The van der Waals surface area contributed by atoms with Gasteiger partial charge in [0.05, 0.1) is 24.7 Å². The predicted octanol–water partition coefficient (Wildman–Crippen LogP) is 3.74. The molecule has 1 aromatic heterocycles. The van der Waals surface area contributed by atoms with Crippen molar-refractivity contribution in [1.29, 1.82) is 0 Å². The first kappa shape index (κ1) is 18.9. The number of aromatic nitrogens is 1. The van der Waals surface area contributed by atoms with Crippen LogP contribution >= 0.6 is 0 Å². The molecule has 27 heavy (non-hydrogen) atoms. The first-order valence-corrected chi connectivity index (χ1v) is 8.35. The normalized spacial score (nSPS) is 15.4. The van der Waals surface area contributed by atoms with Gasteiger partial charge < -0.3 is 10.0 Å². The van der Waals surface area contributed by atoms with Gasteiger partial charge in [0.15, 0.2) is 13.1 Å². The molecule has 0 atom stereocenters. The summed E-state index contributed by atoms with van der Waals surface area (Å²) in [6.45, 7) is 2.51. The minimum atomic E-state index is -4.76. The van der Waals surface area contributed by atoms with Crippen LogP contribution < -0.4 is 4.90 Å². The molecule has 1 N–H and O–H groups in total. The maximum absolute atomic E-state index is 13.3. The smallest absolute Gasteiger partial charge is 0.419 e. The molecule has 142 valence electrons. The zero-order valence-electron chi connectivity index (χ0n) is 14.3. The number of hydrogen-bond acceptors (Lipinski definition) is 2. The number of piperazine rings is 1. The molecule has 0 aliphatic carbocycles. The Morgan fingerprint density at radius 2 is 1.78 bits per heavy atom. The summed E-state index contributed by atoms with van der Waals surface area (Å²) in [7, 11) is 0. The maximum Gasteiger partial charge on any atom is 0.419 e. The van der Waals surface area contributed by atoms with Gasteiger partial charge in [-0.3, -0.25) is 4.98 Å². The highest BCUT2D eigenvalue weighted by molar-refractivity contribution is 5.86. The number of aliphatic hydroxyl groups excluding tert-OH is 1. The van der Waals surface area contributed by atoms with Crippen LogP contribution in [0.3, 0.4) is 0 Å². The lowest BCUT2D eigenvalue weighted by Crippen LogP contribution is -2.43. The van der Waals surface area contributed by atoms with Gasteiger partial charge in [0, 0.05) is 18.1 Å². The molecular formula is C19H18F4N3O+. The molecule has 3 rings (SSSR count). The summed E-state index contributed by atoms with van der Waals surface area (Å²) in [5.74, 6) is -1.36. The van der Waals surface area contributed by atoms with Gasteiger partial charge in [-0.2, -0.15) is 17.7 Å². The fourth-order valence-corrected chi connectivity index (χ4v) is 2.89. The van der Waals surface area contributed by atoms with Crippen molar-refractivity contribution in [3.63, 3.8) is 0 Å². The second-order valence-electron chi connectivity index (χ2n) is 6.11. The van der Waals surface area contributed by atoms with Crippen LogP contribution in [0.25, 0.3) is 6.08 Å². The van der Waals surface area contributed by atoms with E-state index in [1.54, 1.807) is 17.0 Å². The molecule has 1 saturated heterocycles. The highest BCUT2D eigenvalue weighted by Gasteiger charge is 2.34. The molecule has 1 fully saturated rings. The zero-order valence-corrected chi connectivity index (χ0v) is 14.3. The molecule has 8 heteroatoms. The molecular weight excluding hydrogens is 362 g/mol. The third kappa shape index (κ3) is 4.64. The monoisotopic (exact) mass is 380 g/mol. The zero-order chi connectivity index (χ0) is 19.4. The van der Waals surface area contributed by atoms with Gasteiger partial charge >= 0.3 is 12.1 Å². The van der Waals surface area contributed by atoms with Crippen molar-refractivity contribution in [3.8, 4) is 0 Å². The van der Waals surface area contributed by atoms with E-state index in [0.29, 0.717) is 26.2 Å². The Kier molecular flexibility index (Phi) is 5.43. The van der Waals surface area contributed by atoms with E-state index >= 15 is 0 Å². The van der Waals surface area contributed by atoms with Crippen molar-refractivity contribution in [2.24, 2.45) is 0 Å². The van der Waals surface area contributed by atoms with E-state index in [0.717, 1.165) is 17.8 Å². The molecule has 1 aliphatic rings. The minimum Gasteiger partial charge on any atom is -0.460 e. The molecule has 0 amide bonds. The van der Waals surface area contributed by atoms with Crippen LogP contribution in [0.1, 0.15) is 11.1 Å². The second kappa shape index (κ2) is 7.77. The van der Waals surface area contributed by atoms with Crippen LogP contribution in [-0.2, 0) is 6.18 Å². The topological polar surface area (TPSA) is 39.4 Å². The highest BCUT2D eigenvalue weighted by atomic mass is 19.4. The van der Waals surface area contributed by atoms with Crippen molar-refractivity contribution in [2.45, 2.75) is 6.18 Å². The summed E-state index contributed by atoms with van der Waals surface area (Å²) in [6.07, 6.45) is 1.33. The summed E-state index contributed by atoms with van der Waals surface area (Å²) in [5, 5.41) is 10.2. The van der Waals surface area contributed by atoms with E-state index < -0.39 is 17.6 Å². The number of alkyl halides is 3. The van der Waals surface area contributed by atoms with E-state index in [1.165, 1.54) is 18.2 Å². The summed E-state index contributed by atoms with van der Waals surface area (Å²) < 4.78 is 53.3. The van der Waals surface area contributed by atoms with E-state index in [4.69, 9.17) is 0 Å². The Morgan fingerprint density at radius 1 is 1.11 bits per heavy atom. The third-order valence-electron chi connectivity index (χ3n) is 4.35. The van der Waals surface area contributed by atoms with Crippen LogP contribution in [0.2, 0.25) is 0 Å². The molecule has 4 nitrogen and oxygen atoms in total. The lowest BCUT2D eigenvalue weighted by Gasteiger charge is -2.27. The van der Waals surface area contributed by atoms with E-state index in [2.05, 4.69) is 9.88 Å². The standard InChI is InChI=1S/C19H17F4N3O/c20-17-3-1-14(13-16(17)19(21,22)23)2-4-18(27)26-11-9-25(10-12-26)15-5-7-24-8-6-15/h1-8,13H,9-12H2/p+1/b4-2+. The average Bonchev–Trinajstić information content (AvgIpc) is 2.67. The van der Waals surface area contributed by atoms with Crippen molar-refractivity contribution < 1.29 is 27.2 Å². The molecule has 2 aromatic rings. The first-order valence-electron chi connectivity index (χ1n) is 8.35. The number of rotatable bonds is 3. The van der Waals surface area contributed by atoms with Crippen molar-refractivity contribution in [3.05, 3.63) is 65.7 Å². The molecule has 0 spiro atoms. The number of aliphatic hydroxyl groups is 1. The van der Waals surface area contributed by atoms with Gasteiger partial charge in [-0.25, -0.2) is 4.39 Å². The summed E-state index contributed by atoms with van der Waals surface area (Å²) in [4.78, 5) is 6.14. The van der Waals surface area contributed by atoms with E-state index in [-0.39, 0.29) is 11.5 Å². The van der Waals surface area contributed by atoms with Gasteiger partial charge in [0.2, 0.25) is 0 Å². The van der Waals surface area contributed by atoms with Gasteiger partial charge in [0.1, 0.15) is 5.82 Å². The van der Waals surface area contributed by atoms with Gasteiger partial charge in [-0.15, -0.1) is 0 Å². The molecule has 1 aromatic carbocycles. The fraction of sp³-hybridized carbons (Fsp3) is 0.263. The average molecular weight is 380 g/mol. The van der Waals surface area contributed by atoms with Crippen LogP contribution in [-0.4, -0.2) is 46.7 Å². The lowest BCUT2D eigenvalue weighted by molar-refractivity contribution is -0.536. The molecule has 0 bridgehead atoms. The van der Waals surface area contributed by atoms with Crippen LogP contribution in [0.15, 0.2) is 48.8 Å². The highest BCUT2D eigenvalue weighted by Crippen LogP contribution is 2.32. The number of benzene rings is 1. The van der Waals surface area contributed by atoms with E-state index in [1.807, 2.05) is 12.1 Å². The third-order valence-corrected chi connectivity index (χ3v) is 4.35. The summed E-state index contributed by atoms with van der Waals surface area (Å²) >= 11 is 0. The van der Waals surface area contributed by atoms with Crippen LogP contribution in [0.4, 0.5) is 23.2 Å². The van der Waals surface area contributed by atoms with Crippen molar-refractivity contribution in [2.75, 3.05) is 31.1 Å². The Morgan fingerprint density at radius 3 is 2.41 bits per heavy atom. The maximum atomic E-state index is 13.3. The minimum absolute atomic E-state index is 0.0396. The van der Waals surface area contributed by atoms with Crippen LogP contribution in [0.5, 0.6) is 0 Å². The molecule has 0 unspecified atom stereocenters. The fourth-order valence-electron chi connectivity index (χ4n) is 2.89. The quantitative estimate of drug-likeness (QED) is 0.501. The number of nitrogens with zero attached hydrogens (tertiary/aromatic N) is 3. The lowest BCUT2D eigenvalue weighted by atomic mass is 10.1. The SMILES string of the molecule is OC(/C=C/c1ccc(F)c(C(F)(F)F)c1)=[N+]1CCN(c2ccncc2)CC1. The number of pyridine rings is 1. The summed E-state index contributed by atoms with van der Waals surface area (Å²) in [6, 6.07) is 6.54. The number of anilines is 1. The van der Waals surface area contributed by atoms with E-state index in [9.17, 15) is 22.7 Å². The largest absolute Gasteiger partial charge is 0.460 e. The predicted molar refractivity (Wildman–Crippen MR) is 94.5 cm³/mol. The first-order chi connectivity index (χ1) is 12.8. The molecule has 1 aliphatic heterocycles. The Hall–Kier alpha value is -2.90. The van der Waals surface area contributed by atoms with Gasteiger partial charge in [-0.05, 0) is 35.9 Å². The van der Waals surface area contributed by atoms with Crippen LogP contribution in [0, 0.1) is 5.82 Å². The summed E-state index contributed by atoms with van der Waals surface area (Å²) in [5.41, 5.74) is -0.119. The number of halogens is 4. The molecule has 2 heterocycles. The van der Waals surface area contributed by atoms with Crippen molar-refractivity contribution in [1.82, 2.24) is 4.98 Å².